The number of thioether (sulfide) groups is 1. The molecule has 1 aromatic carbocycles. The number of benzene rings is 1. The summed E-state index contributed by atoms with van der Waals surface area (Å²) in [5.74, 6) is 3.58. The first-order valence-electron chi connectivity index (χ1n) is 9.50. The van der Waals surface area contributed by atoms with Crippen molar-refractivity contribution >= 4 is 23.4 Å². The summed E-state index contributed by atoms with van der Waals surface area (Å²) in [6.07, 6.45) is 7.82. The summed E-state index contributed by atoms with van der Waals surface area (Å²) in [5.41, 5.74) is 0.922. The fourth-order valence-corrected chi connectivity index (χ4v) is 6.26. The largest absolute Gasteiger partial charge is 0.415 e. The Kier molecular flexibility index (Phi) is 4.03. The Hall–Kier alpha value is -1.82. The molecule has 1 aromatic heterocycles. The molecular weight excluding hydrogens is 346 g/mol. The van der Waals surface area contributed by atoms with E-state index in [4.69, 9.17) is 4.42 Å². The average Bonchev–Trinajstić information content (AvgIpc) is 3.10. The molecule has 0 unspecified atom stereocenters. The van der Waals surface area contributed by atoms with Crippen LogP contribution >= 0.6 is 11.8 Å². The summed E-state index contributed by atoms with van der Waals surface area (Å²) in [6.45, 7) is 0. The molecule has 4 fully saturated rings. The maximum atomic E-state index is 12.1. The monoisotopic (exact) mass is 369 g/mol. The van der Waals surface area contributed by atoms with Gasteiger partial charge in [0.15, 0.2) is 0 Å². The molecule has 0 saturated heterocycles. The Morgan fingerprint density at radius 2 is 1.73 bits per heavy atom. The molecular formula is C20H23N3O2S. The Bertz CT molecular complexity index is 769. The summed E-state index contributed by atoms with van der Waals surface area (Å²) in [6, 6.07) is 9.48. The van der Waals surface area contributed by atoms with E-state index in [-0.39, 0.29) is 17.1 Å². The highest BCUT2D eigenvalue weighted by molar-refractivity contribution is 7.99. The number of nitrogens with zero attached hydrogens (tertiary/aromatic N) is 2. The number of amides is 1. The number of nitrogens with one attached hydrogen (secondary N) is 1. The van der Waals surface area contributed by atoms with Crippen molar-refractivity contribution < 1.29 is 9.21 Å². The van der Waals surface area contributed by atoms with Gasteiger partial charge < -0.3 is 9.73 Å². The van der Waals surface area contributed by atoms with E-state index in [2.05, 4.69) is 15.5 Å². The van der Waals surface area contributed by atoms with Crippen molar-refractivity contribution in [2.24, 2.45) is 17.8 Å². The van der Waals surface area contributed by atoms with Gasteiger partial charge in [-0.15, -0.1) is 10.2 Å². The van der Waals surface area contributed by atoms with E-state index in [1.807, 2.05) is 30.3 Å². The van der Waals surface area contributed by atoms with Gasteiger partial charge in [-0.05, 0) is 68.4 Å². The number of anilines is 1. The third-order valence-electron chi connectivity index (χ3n) is 6.28. The van der Waals surface area contributed by atoms with Crippen LogP contribution in [0.1, 0.15) is 44.4 Å². The summed E-state index contributed by atoms with van der Waals surface area (Å²) in [7, 11) is 0. The first-order chi connectivity index (χ1) is 12.7. The van der Waals surface area contributed by atoms with Crippen molar-refractivity contribution in [3.05, 3.63) is 36.2 Å². The van der Waals surface area contributed by atoms with Crippen molar-refractivity contribution in [1.82, 2.24) is 10.2 Å². The van der Waals surface area contributed by atoms with E-state index >= 15 is 0 Å². The van der Waals surface area contributed by atoms with Crippen molar-refractivity contribution in [2.45, 2.75) is 49.2 Å². The lowest BCUT2D eigenvalue weighted by atomic mass is 9.49. The first-order valence-corrected chi connectivity index (χ1v) is 10.5. The minimum atomic E-state index is -0.0595. The number of aromatic nitrogens is 2. The maximum absolute atomic E-state index is 12.1. The van der Waals surface area contributed by atoms with Crippen LogP contribution in [0.4, 0.5) is 5.69 Å². The van der Waals surface area contributed by atoms with Crippen LogP contribution in [0.3, 0.4) is 0 Å². The SMILES string of the molecule is O=C(CSc1nnc(C23CC4CC(CC(C4)C2)C3)o1)Nc1ccccc1. The van der Waals surface area contributed by atoms with Crippen molar-refractivity contribution in [3.63, 3.8) is 0 Å². The van der Waals surface area contributed by atoms with Crippen LogP contribution in [0.2, 0.25) is 0 Å². The van der Waals surface area contributed by atoms with Crippen molar-refractivity contribution in [2.75, 3.05) is 11.1 Å². The van der Waals surface area contributed by atoms with Crippen LogP contribution in [0, 0.1) is 17.8 Å². The standard InChI is InChI=1S/C20H23N3O2S/c24-17(21-16-4-2-1-3-5-16)12-26-19-23-22-18(25-19)20-9-13-6-14(10-20)8-15(7-13)11-20/h1-5,13-15H,6-12H2,(H,21,24). The van der Waals surface area contributed by atoms with Gasteiger partial charge in [-0.2, -0.15) is 0 Å². The van der Waals surface area contributed by atoms with Gasteiger partial charge in [0, 0.05) is 11.1 Å². The normalized spacial score (nSPS) is 31.9. The molecule has 26 heavy (non-hydrogen) atoms. The van der Waals surface area contributed by atoms with E-state index in [1.54, 1.807) is 0 Å². The zero-order valence-corrected chi connectivity index (χ0v) is 15.5. The van der Waals surface area contributed by atoms with Gasteiger partial charge in [0.25, 0.3) is 5.22 Å². The summed E-state index contributed by atoms with van der Waals surface area (Å²) >= 11 is 1.32. The molecule has 1 heterocycles. The van der Waals surface area contributed by atoms with Gasteiger partial charge in [0.1, 0.15) is 0 Å². The van der Waals surface area contributed by atoms with Crippen molar-refractivity contribution in [1.29, 1.82) is 0 Å². The fraction of sp³-hybridized carbons (Fsp3) is 0.550. The number of hydrogen-bond acceptors (Lipinski definition) is 5. The van der Waals surface area contributed by atoms with Gasteiger partial charge >= 0.3 is 0 Å². The Labute approximate surface area is 157 Å². The minimum absolute atomic E-state index is 0.0595. The molecule has 0 radical (unpaired) electrons. The minimum Gasteiger partial charge on any atom is -0.415 e. The highest BCUT2D eigenvalue weighted by atomic mass is 32.2. The molecule has 1 amide bonds. The predicted octanol–water partition coefficient (Wildman–Crippen LogP) is 4.27. The van der Waals surface area contributed by atoms with Crippen LogP contribution in [0.5, 0.6) is 0 Å². The predicted molar refractivity (Wildman–Crippen MR) is 99.9 cm³/mol. The lowest BCUT2D eigenvalue weighted by Crippen LogP contribution is -2.48. The van der Waals surface area contributed by atoms with Crippen LogP contribution in [0.25, 0.3) is 0 Å². The van der Waals surface area contributed by atoms with Crippen LogP contribution in [-0.4, -0.2) is 21.9 Å². The highest BCUT2D eigenvalue weighted by Crippen LogP contribution is 2.60. The second-order valence-corrected chi connectivity index (χ2v) is 9.20. The molecule has 136 valence electrons. The van der Waals surface area contributed by atoms with Gasteiger partial charge in [-0.1, -0.05) is 30.0 Å². The third kappa shape index (κ3) is 3.04. The molecule has 4 bridgehead atoms. The maximum Gasteiger partial charge on any atom is 0.277 e. The molecule has 5 nitrogen and oxygen atoms in total. The fourth-order valence-electron chi connectivity index (χ4n) is 5.70. The summed E-state index contributed by atoms with van der Waals surface area (Å²) in [4.78, 5) is 12.1. The summed E-state index contributed by atoms with van der Waals surface area (Å²) < 4.78 is 6.03. The topological polar surface area (TPSA) is 68.0 Å². The second kappa shape index (κ2) is 6.41. The number of para-hydroxylation sites is 1. The Morgan fingerprint density at radius 3 is 2.38 bits per heavy atom. The van der Waals surface area contributed by atoms with Gasteiger partial charge in [0.05, 0.1) is 5.75 Å². The quantitative estimate of drug-likeness (QED) is 0.797. The molecule has 4 aliphatic rings. The zero-order chi connectivity index (χ0) is 17.6. The number of hydrogen-bond donors (Lipinski definition) is 1. The smallest absolute Gasteiger partial charge is 0.277 e. The molecule has 0 atom stereocenters. The van der Waals surface area contributed by atoms with Crippen LogP contribution in [-0.2, 0) is 10.2 Å². The number of carbonyl (C=O) groups is 1. The molecule has 6 heteroatoms. The van der Waals surface area contributed by atoms with Gasteiger partial charge in [0.2, 0.25) is 11.8 Å². The molecule has 4 saturated carbocycles. The Morgan fingerprint density at radius 1 is 1.08 bits per heavy atom. The molecule has 6 rings (SSSR count). The molecule has 0 aliphatic heterocycles. The molecule has 0 spiro atoms. The molecule has 1 N–H and O–H groups in total. The molecule has 4 aliphatic carbocycles. The van der Waals surface area contributed by atoms with E-state index in [0.717, 1.165) is 29.3 Å². The number of rotatable bonds is 5. The van der Waals surface area contributed by atoms with E-state index in [1.165, 1.54) is 50.3 Å². The highest BCUT2D eigenvalue weighted by Gasteiger charge is 2.54. The van der Waals surface area contributed by atoms with Crippen LogP contribution < -0.4 is 5.32 Å². The lowest BCUT2D eigenvalue weighted by molar-refractivity contribution is -0.113. The van der Waals surface area contributed by atoms with E-state index in [9.17, 15) is 4.79 Å². The van der Waals surface area contributed by atoms with Crippen molar-refractivity contribution in [3.8, 4) is 0 Å². The average molecular weight is 369 g/mol. The second-order valence-electron chi connectivity index (χ2n) is 8.27. The van der Waals surface area contributed by atoms with Gasteiger partial charge in [-0.25, -0.2) is 0 Å². The van der Waals surface area contributed by atoms with Crippen LogP contribution in [0.15, 0.2) is 40.0 Å². The number of carbonyl (C=O) groups excluding carboxylic acids is 1. The third-order valence-corrected chi connectivity index (χ3v) is 7.10. The Balaban J connectivity index is 1.23. The zero-order valence-electron chi connectivity index (χ0n) is 14.7. The first kappa shape index (κ1) is 16.4. The lowest BCUT2D eigenvalue weighted by Gasteiger charge is -2.55. The van der Waals surface area contributed by atoms with E-state index in [0.29, 0.717) is 5.22 Å². The van der Waals surface area contributed by atoms with Gasteiger partial charge in [-0.3, -0.25) is 4.79 Å². The molecule has 2 aromatic rings. The summed E-state index contributed by atoms with van der Waals surface area (Å²) in [5, 5.41) is 12.0. The van der Waals surface area contributed by atoms with E-state index < -0.39 is 0 Å².